The van der Waals surface area contributed by atoms with Gasteiger partial charge in [0.05, 0.1) is 13.2 Å². The summed E-state index contributed by atoms with van der Waals surface area (Å²) in [6.07, 6.45) is 3.79. The first-order valence-electron chi connectivity index (χ1n) is 6.45. The topological polar surface area (TPSA) is 38.5 Å². The van der Waals surface area contributed by atoms with Crippen LogP contribution in [0.1, 0.15) is 30.9 Å². The van der Waals surface area contributed by atoms with E-state index in [1.807, 2.05) is 6.07 Å². The van der Waals surface area contributed by atoms with Gasteiger partial charge in [0.2, 0.25) is 0 Å². The Bertz CT molecular complexity index is 403. The van der Waals surface area contributed by atoms with Gasteiger partial charge in [0.25, 0.3) is 0 Å². The van der Waals surface area contributed by atoms with Gasteiger partial charge in [-0.05, 0) is 37.0 Å². The van der Waals surface area contributed by atoms with E-state index in [4.69, 9.17) is 10.5 Å². The summed E-state index contributed by atoms with van der Waals surface area (Å²) in [5, 5.41) is 0. The van der Waals surface area contributed by atoms with Gasteiger partial charge in [-0.25, -0.2) is 0 Å². The predicted octanol–water partition coefficient (Wildman–Crippen LogP) is 1.93. The van der Waals surface area contributed by atoms with E-state index in [2.05, 4.69) is 23.1 Å². The van der Waals surface area contributed by atoms with Gasteiger partial charge in [0.1, 0.15) is 5.75 Å². The Hall–Kier alpha value is -1.06. The molecule has 3 heteroatoms. The molecular formula is C14H20N2O. The molecule has 2 N–H and O–H groups in total. The maximum atomic E-state index is 6.28. The molecule has 92 valence electrons. The largest absolute Gasteiger partial charge is 0.497 e. The summed E-state index contributed by atoms with van der Waals surface area (Å²) in [5.41, 5.74) is 7.58. The van der Waals surface area contributed by atoms with Gasteiger partial charge < -0.3 is 10.5 Å². The van der Waals surface area contributed by atoms with E-state index < -0.39 is 0 Å². The Morgan fingerprint density at radius 1 is 1.29 bits per heavy atom. The van der Waals surface area contributed by atoms with Gasteiger partial charge in [-0.1, -0.05) is 12.1 Å². The lowest BCUT2D eigenvalue weighted by Crippen LogP contribution is -2.33. The molecule has 3 rings (SSSR count). The van der Waals surface area contributed by atoms with Crippen LogP contribution < -0.4 is 10.5 Å². The van der Waals surface area contributed by atoms with Crippen molar-refractivity contribution >= 4 is 0 Å². The van der Waals surface area contributed by atoms with E-state index in [0.29, 0.717) is 6.04 Å². The zero-order valence-electron chi connectivity index (χ0n) is 10.3. The zero-order valence-corrected chi connectivity index (χ0v) is 10.3. The van der Waals surface area contributed by atoms with Gasteiger partial charge in [-0.15, -0.1) is 0 Å². The number of rotatable bonds is 3. The third-order valence-corrected chi connectivity index (χ3v) is 3.93. The molecule has 3 nitrogen and oxygen atoms in total. The number of hydrogen-bond donors (Lipinski definition) is 1. The van der Waals surface area contributed by atoms with Gasteiger partial charge in [0.15, 0.2) is 0 Å². The number of likely N-dealkylation sites (tertiary alicyclic amines) is 1. The summed E-state index contributed by atoms with van der Waals surface area (Å²) < 4.78 is 5.30. The van der Waals surface area contributed by atoms with Crippen molar-refractivity contribution in [3.05, 3.63) is 29.8 Å². The molecule has 1 saturated carbocycles. The molecule has 2 atom stereocenters. The van der Waals surface area contributed by atoms with Gasteiger partial charge >= 0.3 is 0 Å². The molecule has 1 aliphatic heterocycles. The summed E-state index contributed by atoms with van der Waals surface area (Å²) in [5.74, 6) is 0.928. The van der Waals surface area contributed by atoms with Crippen LogP contribution in [0.4, 0.5) is 0 Å². The highest BCUT2D eigenvalue weighted by molar-refractivity contribution is 5.32. The molecule has 0 amide bonds. The lowest BCUT2D eigenvalue weighted by molar-refractivity contribution is 0.237. The lowest BCUT2D eigenvalue weighted by atomic mass is 10.0. The van der Waals surface area contributed by atoms with Crippen LogP contribution in [-0.4, -0.2) is 30.6 Å². The maximum Gasteiger partial charge on any atom is 0.119 e. The van der Waals surface area contributed by atoms with Gasteiger partial charge in [0, 0.05) is 18.6 Å². The molecule has 17 heavy (non-hydrogen) atoms. The third kappa shape index (κ3) is 2.05. The van der Waals surface area contributed by atoms with Crippen LogP contribution in [0.5, 0.6) is 5.75 Å². The van der Waals surface area contributed by atoms with Crippen LogP contribution >= 0.6 is 0 Å². The Morgan fingerprint density at radius 3 is 2.82 bits per heavy atom. The molecule has 1 aromatic rings. The second kappa shape index (κ2) is 4.31. The fourth-order valence-corrected chi connectivity index (χ4v) is 2.92. The highest BCUT2D eigenvalue weighted by Crippen LogP contribution is 2.40. The fourth-order valence-electron chi connectivity index (χ4n) is 2.92. The first-order valence-corrected chi connectivity index (χ1v) is 6.45. The van der Waals surface area contributed by atoms with Crippen molar-refractivity contribution in [1.29, 1.82) is 0 Å². The summed E-state index contributed by atoms with van der Waals surface area (Å²) >= 11 is 0. The molecule has 0 aromatic heterocycles. The van der Waals surface area contributed by atoms with Crippen molar-refractivity contribution in [2.24, 2.45) is 5.73 Å². The van der Waals surface area contributed by atoms with Crippen LogP contribution in [0.25, 0.3) is 0 Å². The van der Waals surface area contributed by atoms with Crippen LogP contribution in [0, 0.1) is 0 Å². The third-order valence-electron chi connectivity index (χ3n) is 3.93. The Labute approximate surface area is 103 Å². The Kier molecular flexibility index (Phi) is 2.81. The van der Waals surface area contributed by atoms with E-state index in [1.54, 1.807) is 7.11 Å². The van der Waals surface area contributed by atoms with E-state index in [9.17, 15) is 0 Å². The Balaban J connectivity index is 1.88. The number of ether oxygens (including phenoxy) is 1. The second-order valence-electron chi connectivity index (χ2n) is 5.14. The van der Waals surface area contributed by atoms with Crippen molar-refractivity contribution in [3.8, 4) is 5.75 Å². The van der Waals surface area contributed by atoms with Crippen LogP contribution in [0.3, 0.4) is 0 Å². The quantitative estimate of drug-likeness (QED) is 0.865. The van der Waals surface area contributed by atoms with Crippen LogP contribution in [0.2, 0.25) is 0 Å². The van der Waals surface area contributed by atoms with E-state index in [0.717, 1.165) is 24.8 Å². The van der Waals surface area contributed by atoms with E-state index in [1.165, 1.54) is 18.4 Å². The number of nitrogens with two attached hydrogens (primary N) is 1. The normalized spacial score (nSPS) is 29.5. The van der Waals surface area contributed by atoms with Crippen molar-refractivity contribution in [2.75, 3.05) is 13.7 Å². The predicted molar refractivity (Wildman–Crippen MR) is 68.1 cm³/mol. The first-order chi connectivity index (χ1) is 8.29. The minimum Gasteiger partial charge on any atom is -0.497 e. The molecule has 1 saturated heterocycles. The number of benzene rings is 1. The SMILES string of the molecule is COc1cccc([C@@H]2[C@H](N)CCN2C2CC2)c1. The molecule has 2 fully saturated rings. The molecule has 0 bridgehead atoms. The molecular weight excluding hydrogens is 212 g/mol. The lowest BCUT2D eigenvalue weighted by Gasteiger charge is -2.27. The van der Waals surface area contributed by atoms with E-state index >= 15 is 0 Å². The molecule has 2 aliphatic rings. The van der Waals surface area contributed by atoms with Crippen LogP contribution in [-0.2, 0) is 0 Å². The van der Waals surface area contributed by atoms with Crippen molar-refractivity contribution in [3.63, 3.8) is 0 Å². The fraction of sp³-hybridized carbons (Fsp3) is 0.571. The van der Waals surface area contributed by atoms with E-state index in [-0.39, 0.29) is 6.04 Å². The molecule has 1 heterocycles. The minimum absolute atomic E-state index is 0.266. The van der Waals surface area contributed by atoms with Crippen molar-refractivity contribution < 1.29 is 4.74 Å². The van der Waals surface area contributed by atoms with Crippen LogP contribution in [0.15, 0.2) is 24.3 Å². The number of methoxy groups -OCH3 is 1. The second-order valence-corrected chi connectivity index (χ2v) is 5.14. The van der Waals surface area contributed by atoms with Crippen molar-refractivity contribution in [2.45, 2.75) is 37.4 Å². The molecule has 1 aromatic carbocycles. The smallest absolute Gasteiger partial charge is 0.119 e. The molecule has 0 radical (unpaired) electrons. The summed E-state index contributed by atoms with van der Waals surface area (Å²) in [4.78, 5) is 2.58. The zero-order chi connectivity index (χ0) is 11.8. The summed E-state index contributed by atoms with van der Waals surface area (Å²) in [6.45, 7) is 1.15. The first kappa shape index (κ1) is 11.1. The average molecular weight is 232 g/mol. The molecule has 0 spiro atoms. The van der Waals surface area contributed by atoms with Crippen molar-refractivity contribution in [1.82, 2.24) is 4.90 Å². The maximum absolute atomic E-state index is 6.28. The highest BCUT2D eigenvalue weighted by Gasteiger charge is 2.41. The monoisotopic (exact) mass is 232 g/mol. The number of nitrogens with zero attached hydrogens (tertiary/aromatic N) is 1. The Morgan fingerprint density at radius 2 is 2.12 bits per heavy atom. The number of hydrogen-bond acceptors (Lipinski definition) is 3. The standard InChI is InChI=1S/C14H20N2O/c1-17-12-4-2-3-10(9-12)14-13(15)7-8-16(14)11-5-6-11/h2-4,9,11,13-14H,5-8,15H2,1H3/t13-,14-/m1/s1. The minimum atomic E-state index is 0.266. The van der Waals surface area contributed by atoms with Gasteiger partial charge in [-0.2, -0.15) is 0 Å². The summed E-state index contributed by atoms with van der Waals surface area (Å²) in [6, 6.07) is 9.79. The molecule has 0 unspecified atom stereocenters. The van der Waals surface area contributed by atoms with Gasteiger partial charge in [-0.3, -0.25) is 4.90 Å². The average Bonchev–Trinajstić information content (AvgIpc) is 3.13. The molecule has 1 aliphatic carbocycles. The summed E-state index contributed by atoms with van der Waals surface area (Å²) in [7, 11) is 1.71. The highest BCUT2D eigenvalue weighted by atomic mass is 16.5.